The molecule has 0 amide bonds. The predicted molar refractivity (Wildman–Crippen MR) is 98.3 cm³/mol. The molecule has 3 rings (SSSR count). The number of pyridine rings is 1. The second-order valence-electron chi connectivity index (χ2n) is 5.84. The molecule has 1 aromatic heterocycles. The number of hydrogen-bond acceptors (Lipinski definition) is 3. The Balaban J connectivity index is 2.21. The van der Waals surface area contributed by atoms with E-state index in [9.17, 15) is 0 Å². The summed E-state index contributed by atoms with van der Waals surface area (Å²) in [5.74, 6) is 0. The van der Waals surface area contributed by atoms with Gasteiger partial charge in [0.15, 0.2) is 0 Å². The lowest BCUT2D eigenvalue weighted by Gasteiger charge is -2.16. The number of nitrogens with one attached hydrogen (secondary N) is 1. The molecule has 0 unspecified atom stereocenters. The maximum absolute atomic E-state index is 5.78. The van der Waals surface area contributed by atoms with Gasteiger partial charge in [0.1, 0.15) is 0 Å². The average Bonchev–Trinajstić information content (AvgIpc) is 2.52. The Kier molecular flexibility index (Phi) is 4.14. The van der Waals surface area contributed by atoms with Crippen molar-refractivity contribution in [1.82, 2.24) is 9.47 Å². The Morgan fingerprint density at radius 1 is 1.05 bits per heavy atom. The number of aryl methyl sites for hydroxylation is 1. The van der Waals surface area contributed by atoms with Crippen LogP contribution in [-0.2, 0) is 7.05 Å². The van der Waals surface area contributed by atoms with Crippen LogP contribution in [0.3, 0.4) is 0 Å². The summed E-state index contributed by atoms with van der Waals surface area (Å²) in [5.41, 5.74) is 3.45. The van der Waals surface area contributed by atoms with E-state index in [1.807, 2.05) is 6.07 Å². The fourth-order valence-corrected chi connectivity index (χ4v) is 3.23. The summed E-state index contributed by atoms with van der Waals surface area (Å²) in [6.45, 7) is 1.89. The van der Waals surface area contributed by atoms with Crippen molar-refractivity contribution < 1.29 is 0 Å². The number of nitrogens with zero attached hydrogens (tertiary/aromatic N) is 2. The van der Waals surface area contributed by atoms with Crippen LogP contribution in [0.4, 0.5) is 5.69 Å². The van der Waals surface area contributed by atoms with E-state index in [1.54, 1.807) is 0 Å². The van der Waals surface area contributed by atoms with Gasteiger partial charge in [0.25, 0.3) is 0 Å². The van der Waals surface area contributed by atoms with Crippen LogP contribution in [0, 0.1) is 4.51 Å². The first-order valence-corrected chi connectivity index (χ1v) is 7.89. The molecule has 0 aliphatic heterocycles. The van der Waals surface area contributed by atoms with E-state index in [2.05, 4.69) is 72.3 Å². The Hall–Kier alpha value is -1.91. The number of likely N-dealkylation sites (N-methyl/N-ethyl adjacent to an activating group) is 1. The minimum atomic E-state index is 0.900. The SMILES string of the molecule is CN(C)CCNc1cccc2c1c(=S)c1ccccc1n2C. The van der Waals surface area contributed by atoms with Crippen LogP contribution in [0.2, 0.25) is 0 Å². The quantitative estimate of drug-likeness (QED) is 0.580. The Bertz CT molecular complexity index is 881. The van der Waals surface area contributed by atoms with Gasteiger partial charge in [0, 0.05) is 42.1 Å². The van der Waals surface area contributed by atoms with Gasteiger partial charge in [-0.15, -0.1) is 0 Å². The van der Waals surface area contributed by atoms with Crippen LogP contribution < -0.4 is 5.32 Å². The van der Waals surface area contributed by atoms with E-state index >= 15 is 0 Å². The maximum atomic E-state index is 5.78. The zero-order valence-corrected chi connectivity index (χ0v) is 14.1. The zero-order valence-electron chi connectivity index (χ0n) is 13.3. The Labute approximate surface area is 136 Å². The highest BCUT2D eigenvalue weighted by Crippen LogP contribution is 2.30. The minimum Gasteiger partial charge on any atom is -0.383 e. The van der Waals surface area contributed by atoms with E-state index in [-0.39, 0.29) is 0 Å². The lowest BCUT2D eigenvalue weighted by Crippen LogP contribution is -2.20. The van der Waals surface area contributed by atoms with Gasteiger partial charge in [-0.3, -0.25) is 0 Å². The van der Waals surface area contributed by atoms with Crippen molar-refractivity contribution in [2.75, 3.05) is 32.5 Å². The molecule has 0 fully saturated rings. The Morgan fingerprint density at radius 2 is 1.77 bits per heavy atom. The van der Waals surface area contributed by atoms with Crippen molar-refractivity contribution in [3.05, 3.63) is 47.0 Å². The molecule has 0 aliphatic carbocycles. The molecule has 0 spiro atoms. The van der Waals surface area contributed by atoms with E-state index in [4.69, 9.17) is 12.2 Å². The summed E-state index contributed by atoms with van der Waals surface area (Å²) in [6, 6.07) is 14.7. The van der Waals surface area contributed by atoms with Crippen LogP contribution in [0.5, 0.6) is 0 Å². The molecule has 114 valence electrons. The number of anilines is 1. The number of para-hydroxylation sites is 1. The first-order chi connectivity index (χ1) is 10.6. The Morgan fingerprint density at radius 3 is 2.55 bits per heavy atom. The van der Waals surface area contributed by atoms with E-state index in [0.717, 1.165) is 34.1 Å². The molecule has 3 aromatic rings. The van der Waals surface area contributed by atoms with Crippen LogP contribution in [-0.4, -0.2) is 36.7 Å². The minimum absolute atomic E-state index is 0.900. The topological polar surface area (TPSA) is 20.2 Å². The second kappa shape index (κ2) is 6.07. The number of hydrogen-bond donors (Lipinski definition) is 1. The number of fused-ring (bicyclic) bond motifs is 2. The van der Waals surface area contributed by atoms with Crippen molar-refractivity contribution in [1.29, 1.82) is 0 Å². The molecule has 0 bridgehead atoms. The second-order valence-corrected chi connectivity index (χ2v) is 6.24. The molecule has 0 radical (unpaired) electrons. The predicted octanol–water partition coefficient (Wildman–Crippen LogP) is 4.03. The zero-order chi connectivity index (χ0) is 15.7. The highest BCUT2D eigenvalue weighted by Gasteiger charge is 2.09. The first kappa shape index (κ1) is 15.0. The molecule has 2 aromatic carbocycles. The van der Waals surface area contributed by atoms with Crippen LogP contribution in [0.25, 0.3) is 21.8 Å². The molecule has 0 atom stereocenters. The molecule has 0 saturated heterocycles. The van der Waals surface area contributed by atoms with Gasteiger partial charge in [-0.25, -0.2) is 0 Å². The lowest BCUT2D eigenvalue weighted by atomic mass is 10.1. The molecule has 0 saturated carbocycles. The van der Waals surface area contributed by atoms with E-state index in [1.165, 1.54) is 11.0 Å². The van der Waals surface area contributed by atoms with Gasteiger partial charge in [-0.05, 0) is 32.3 Å². The number of rotatable bonds is 4. The normalized spacial score (nSPS) is 11.5. The lowest BCUT2D eigenvalue weighted by molar-refractivity contribution is 0.425. The van der Waals surface area contributed by atoms with Crippen molar-refractivity contribution in [3.8, 4) is 0 Å². The monoisotopic (exact) mass is 311 g/mol. The number of benzene rings is 2. The fourth-order valence-electron chi connectivity index (χ4n) is 2.84. The summed E-state index contributed by atoms with van der Waals surface area (Å²) in [5, 5.41) is 5.80. The van der Waals surface area contributed by atoms with Crippen molar-refractivity contribution in [3.63, 3.8) is 0 Å². The molecular weight excluding hydrogens is 290 g/mol. The average molecular weight is 311 g/mol. The summed E-state index contributed by atoms with van der Waals surface area (Å²) >= 11 is 5.78. The summed E-state index contributed by atoms with van der Waals surface area (Å²) in [7, 11) is 6.26. The highest BCUT2D eigenvalue weighted by molar-refractivity contribution is 7.72. The molecule has 22 heavy (non-hydrogen) atoms. The van der Waals surface area contributed by atoms with Crippen LogP contribution in [0.1, 0.15) is 0 Å². The molecular formula is C18H21N3S. The van der Waals surface area contributed by atoms with E-state index < -0.39 is 0 Å². The van der Waals surface area contributed by atoms with Gasteiger partial charge in [0.2, 0.25) is 0 Å². The van der Waals surface area contributed by atoms with Crippen molar-refractivity contribution in [2.45, 2.75) is 0 Å². The maximum Gasteiger partial charge on any atom is 0.0584 e. The standard InChI is InChI=1S/C18H21N3S/c1-20(2)12-11-19-14-8-6-10-16-17(14)18(22)13-7-4-5-9-15(13)21(16)3/h4-10,19H,11-12H2,1-3H3. The molecule has 1 heterocycles. The van der Waals surface area contributed by atoms with Gasteiger partial charge >= 0.3 is 0 Å². The smallest absolute Gasteiger partial charge is 0.0584 e. The largest absolute Gasteiger partial charge is 0.383 e. The highest BCUT2D eigenvalue weighted by atomic mass is 32.1. The van der Waals surface area contributed by atoms with Gasteiger partial charge < -0.3 is 14.8 Å². The van der Waals surface area contributed by atoms with Crippen molar-refractivity contribution in [2.24, 2.45) is 7.05 Å². The summed E-state index contributed by atoms with van der Waals surface area (Å²) in [6.07, 6.45) is 0. The molecule has 1 N–H and O–H groups in total. The third-order valence-electron chi connectivity index (χ3n) is 4.02. The summed E-state index contributed by atoms with van der Waals surface area (Å²) < 4.78 is 3.15. The van der Waals surface area contributed by atoms with E-state index in [0.29, 0.717) is 0 Å². The first-order valence-electron chi connectivity index (χ1n) is 7.48. The third kappa shape index (κ3) is 2.60. The van der Waals surface area contributed by atoms with Gasteiger partial charge in [0.05, 0.1) is 10.0 Å². The van der Waals surface area contributed by atoms with Crippen LogP contribution >= 0.6 is 12.2 Å². The molecule has 0 aliphatic rings. The molecule has 3 nitrogen and oxygen atoms in total. The summed E-state index contributed by atoms with van der Waals surface area (Å²) in [4.78, 5) is 2.17. The van der Waals surface area contributed by atoms with Gasteiger partial charge in [-0.2, -0.15) is 0 Å². The fraction of sp³-hybridized carbons (Fsp3) is 0.278. The number of aromatic nitrogens is 1. The third-order valence-corrected chi connectivity index (χ3v) is 4.44. The van der Waals surface area contributed by atoms with Crippen molar-refractivity contribution >= 4 is 39.7 Å². The molecule has 4 heteroatoms. The van der Waals surface area contributed by atoms with Crippen LogP contribution in [0.15, 0.2) is 42.5 Å². The van der Waals surface area contributed by atoms with Gasteiger partial charge in [-0.1, -0.05) is 36.5 Å².